The third kappa shape index (κ3) is 3.88. The molecule has 1 heterocycles. The predicted molar refractivity (Wildman–Crippen MR) is 75.6 cm³/mol. The second-order valence-electron chi connectivity index (χ2n) is 5.06. The second-order valence-corrected chi connectivity index (χ2v) is 5.06. The van der Waals surface area contributed by atoms with Crippen LogP contribution in [0.4, 0.5) is 4.79 Å². The number of hydrogen-bond donors (Lipinski definition) is 2. The van der Waals surface area contributed by atoms with E-state index in [0.717, 1.165) is 37.2 Å². The van der Waals surface area contributed by atoms with Gasteiger partial charge in [0.2, 0.25) is 0 Å². The van der Waals surface area contributed by atoms with E-state index in [4.69, 9.17) is 4.74 Å². The van der Waals surface area contributed by atoms with Crippen molar-refractivity contribution in [3.8, 4) is 5.75 Å². The van der Waals surface area contributed by atoms with Crippen LogP contribution in [0.15, 0.2) is 18.2 Å². The Kier molecular flexibility index (Phi) is 4.66. The van der Waals surface area contributed by atoms with Gasteiger partial charge in [-0.05, 0) is 37.0 Å². The van der Waals surface area contributed by atoms with Gasteiger partial charge in [0.1, 0.15) is 5.75 Å². The summed E-state index contributed by atoms with van der Waals surface area (Å²) in [6.07, 6.45) is 3.05. The predicted octanol–water partition coefficient (Wildman–Crippen LogP) is 2.40. The van der Waals surface area contributed by atoms with Gasteiger partial charge in [-0.1, -0.05) is 25.5 Å². The quantitative estimate of drug-likeness (QED) is 0.773. The molecule has 0 saturated carbocycles. The van der Waals surface area contributed by atoms with Crippen molar-refractivity contribution < 1.29 is 9.53 Å². The van der Waals surface area contributed by atoms with Gasteiger partial charge in [0.15, 0.2) is 0 Å². The van der Waals surface area contributed by atoms with E-state index in [1.165, 1.54) is 5.56 Å². The van der Waals surface area contributed by atoms with Crippen molar-refractivity contribution in [1.29, 1.82) is 0 Å². The Morgan fingerprint density at radius 1 is 1.42 bits per heavy atom. The smallest absolute Gasteiger partial charge is 0.315 e. The Balaban J connectivity index is 1.97. The Hall–Kier alpha value is -1.71. The van der Waals surface area contributed by atoms with Crippen molar-refractivity contribution in [2.75, 3.05) is 13.2 Å². The molecule has 2 N–H and O–H groups in total. The molecular formula is C15H22N2O2. The summed E-state index contributed by atoms with van der Waals surface area (Å²) in [7, 11) is 0. The summed E-state index contributed by atoms with van der Waals surface area (Å²) in [5.74, 6) is 0.961. The minimum absolute atomic E-state index is 0.0727. The number of aryl methyl sites for hydroxylation is 1. The summed E-state index contributed by atoms with van der Waals surface area (Å²) < 4.78 is 5.80. The van der Waals surface area contributed by atoms with Crippen molar-refractivity contribution in [2.24, 2.45) is 0 Å². The zero-order valence-electron chi connectivity index (χ0n) is 11.7. The number of unbranched alkanes of at least 4 members (excludes halogenated alkanes) is 1. The van der Waals surface area contributed by atoms with Crippen LogP contribution < -0.4 is 15.4 Å². The van der Waals surface area contributed by atoms with Crippen LogP contribution in [0.25, 0.3) is 0 Å². The number of hydrogen-bond acceptors (Lipinski definition) is 2. The lowest BCUT2D eigenvalue weighted by Crippen LogP contribution is -2.28. The first kappa shape index (κ1) is 13.7. The molecule has 19 heavy (non-hydrogen) atoms. The Morgan fingerprint density at radius 2 is 2.26 bits per heavy atom. The molecule has 2 amide bonds. The van der Waals surface area contributed by atoms with Crippen LogP contribution >= 0.6 is 0 Å². The maximum Gasteiger partial charge on any atom is 0.315 e. The molecule has 1 aliphatic rings. The van der Waals surface area contributed by atoms with Crippen molar-refractivity contribution in [2.45, 2.75) is 39.2 Å². The van der Waals surface area contributed by atoms with E-state index < -0.39 is 0 Å². The van der Waals surface area contributed by atoms with Gasteiger partial charge in [-0.3, -0.25) is 0 Å². The number of urea groups is 1. The van der Waals surface area contributed by atoms with Gasteiger partial charge >= 0.3 is 6.03 Å². The largest absolute Gasteiger partial charge is 0.493 e. The molecule has 0 aromatic heterocycles. The average molecular weight is 262 g/mol. The number of benzene rings is 1. The molecule has 1 atom stereocenters. The highest BCUT2D eigenvalue weighted by atomic mass is 16.5. The molecule has 1 aliphatic heterocycles. The fourth-order valence-electron chi connectivity index (χ4n) is 2.16. The van der Waals surface area contributed by atoms with E-state index in [2.05, 4.69) is 42.7 Å². The maximum atomic E-state index is 11.1. The van der Waals surface area contributed by atoms with Crippen LogP contribution in [0.2, 0.25) is 0 Å². The van der Waals surface area contributed by atoms with Crippen LogP contribution in [0.3, 0.4) is 0 Å². The zero-order valence-corrected chi connectivity index (χ0v) is 11.7. The third-order valence-corrected chi connectivity index (χ3v) is 3.33. The highest BCUT2D eigenvalue weighted by molar-refractivity contribution is 5.76. The minimum atomic E-state index is -0.0727. The Bertz CT molecular complexity index is 446. The summed E-state index contributed by atoms with van der Waals surface area (Å²) in [5, 5.41) is 5.67. The van der Waals surface area contributed by atoms with Gasteiger partial charge in [-0.15, -0.1) is 0 Å². The molecule has 0 spiro atoms. The average Bonchev–Trinajstić information content (AvgIpc) is 2.79. The Labute approximate surface area is 114 Å². The highest BCUT2D eigenvalue weighted by Crippen LogP contribution is 2.21. The SMILES string of the molecule is CCCCOc1cc(CC2CNC(=O)N2)ccc1C. The van der Waals surface area contributed by atoms with Crippen LogP contribution in [-0.2, 0) is 6.42 Å². The third-order valence-electron chi connectivity index (χ3n) is 3.33. The highest BCUT2D eigenvalue weighted by Gasteiger charge is 2.20. The van der Waals surface area contributed by atoms with Gasteiger partial charge in [-0.2, -0.15) is 0 Å². The van der Waals surface area contributed by atoms with Crippen LogP contribution in [0.1, 0.15) is 30.9 Å². The molecule has 1 aromatic carbocycles. The lowest BCUT2D eigenvalue weighted by molar-refractivity contribution is 0.247. The fourth-order valence-corrected chi connectivity index (χ4v) is 2.16. The number of rotatable bonds is 6. The molecule has 0 bridgehead atoms. The monoisotopic (exact) mass is 262 g/mol. The molecule has 4 nitrogen and oxygen atoms in total. The molecule has 1 unspecified atom stereocenters. The molecule has 1 aromatic rings. The van der Waals surface area contributed by atoms with E-state index in [1.54, 1.807) is 0 Å². The molecule has 4 heteroatoms. The number of carbonyl (C=O) groups excluding carboxylic acids is 1. The van der Waals surface area contributed by atoms with E-state index in [0.29, 0.717) is 6.54 Å². The zero-order chi connectivity index (χ0) is 13.7. The topological polar surface area (TPSA) is 50.4 Å². The summed E-state index contributed by atoms with van der Waals surface area (Å²) >= 11 is 0. The standard InChI is InChI=1S/C15H22N2O2/c1-3-4-7-19-14-9-12(6-5-11(14)2)8-13-10-16-15(18)17-13/h5-6,9,13H,3-4,7-8,10H2,1-2H3,(H2,16,17,18). The first-order chi connectivity index (χ1) is 9.19. The van der Waals surface area contributed by atoms with Gasteiger partial charge in [0.25, 0.3) is 0 Å². The van der Waals surface area contributed by atoms with E-state index >= 15 is 0 Å². The van der Waals surface area contributed by atoms with Crippen molar-refractivity contribution >= 4 is 6.03 Å². The van der Waals surface area contributed by atoms with Gasteiger partial charge in [-0.25, -0.2) is 4.79 Å². The number of amides is 2. The van der Waals surface area contributed by atoms with E-state index in [1.807, 2.05) is 0 Å². The summed E-state index contributed by atoms with van der Waals surface area (Å²) in [6.45, 7) is 5.67. The lowest BCUT2D eigenvalue weighted by Gasteiger charge is -2.13. The molecule has 0 radical (unpaired) electrons. The number of carbonyl (C=O) groups is 1. The molecule has 1 saturated heterocycles. The van der Waals surface area contributed by atoms with Crippen LogP contribution in [0.5, 0.6) is 5.75 Å². The number of nitrogens with one attached hydrogen (secondary N) is 2. The van der Waals surface area contributed by atoms with Crippen molar-refractivity contribution in [3.63, 3.8) is 0 Å². The minimum Gasteiger partial charge on any atom is -0.493 e. The first-order valence-corrected chi connectivity index (χ1v) is 6.95. The van der Waals surface area contributed by atoms with Crippen molar-refractivity contribution in [1.82, 2.24) is 10.6 Å². The molecule has 2 rings (SSSR count). The van der Waals surface area contributed by atoms with Crippen molar-refractivity contribution in [3.05, 3.63) is 29.3 Å². The van der Waals surface area contributed by atoms with E-state index in [-0.39, 0.29) is 12.1 Å². The van der Waals surface area contributed by atoms with Gasteiger partial charge in [0, 0.05) is 6.54 Å². The van der Waals surface area contributed by atoms with Crippen LogP contribution in [-0.4, -0.2) is 25.2 Å². The summed E-state index contributed by atoms with van der Waals surface area (Å²) in [5.41, 5.74) is 2.36. The first-order valence-electron chi connectivity index (χ1n) is 6.95. The lowest BCUT2D eigenvalue weighted by atomic mass is 10.0. The molecule has 1 fully saturated rings. The Morgan fingerprint density at radius 3 is 2.95 bits per heavy atom. The van der Waals surface area contributed by atoms with Crippen LogP contribution in [0, 0.1) is 6.92 Å². The summed E-state index contributed by atoms with van der Waals surface area (Å²) in [4.78, 5) is 11.1. The molecule has 104 valence electrons. The van der Waals surface area contributed by atoms with E-state index in [9.17, 15) is 4.79 Å². The molecular weight excluding hydrogens is 240 g/mol. The number of ether oxygens (including phenoxy) is 1. The summed E-state index contributed by atoms with van der Waals surface area (Å²) in [6, 6.07) is 6.39. The van der Waals surface area contributed by atoms with Gasteiger partial charge < -0.3 is 15.4 Å². The van der Waals surface area contributed by atoms with Gasteiger partial charge in [0.05, 0.1) is 12.6 Å². The normalized spacial score (nSPS) is 18.0. The maximum absolute atomic E-state index is 11.1. The second kappa shape index (κ2) is 6.45. The molecule has 0 aliphatic carbocycles. The fraction of sp³-hybridized carbons (Fsp3) is 0.533.